The fraction of sp³-hybridized carbons (Fsp3) is 0.562. The van der Waals surface area contributed by atoms with Crippen LogP contribution in [0.25, 0.3) is 0 Å². The second-order valence-corrected chi connectivity index (χ2v) is 5.68. The van der Waals surface area contributed by atoms with E-state index in [1.165, 1.54) is 0 Å². The highest BCUT2D eigenvalue weighted by atomic mass is 35.5. The van der Waals surface area contributed by atoms with Gasteiger partial charge in [0.25, 0.3) is 0 Å². The summed E-state index contributed by atoms with van der Waals surface area (Å²) >= 11 is 12.0. The van der Waals surface area contributed by atoms with Gasteiger partial charge in [0.1, 0.15) is 0 Å². The van der Waals surface area contributed by atoms with Crippen molar-refractivity contribution in [2.24, 2.45) is 0 Å². The molecule has 1 rings (SSSR count). The van der Waals surface area contributed by atoms with E-state index in [-0.39, 0.29) is 5.78 Å². The van der Waals surface area contributed by atoms with Gasteiger partial charge in [-0.1, -0.05) is 50.9 Å². The summed E-state index contributed by atoms with van der Waals surface area (Å²) < 4.78 is 0. The molecule has 0 aliphatic carbocycles. The molecule has 1 aromatic rings. The van der Waals surface area contributed by atoms with Crippen molar-refractivity contribution in [2.75, 3.05) is 13.1 Å². The SMILES string of the molecule is CCN(CC)C(CC)(CC)C(=O)c1ccc(Cl)c(Cl)c1. The molecule has 0 atom stereocenters. The lowest BCUT2D eigenvalue weighted by Gasteiger charge is -2.41. The Morgan fingerprint density at radius 3 is 2.00 bits per heavy atom. The van der Waals surface area contributed by atoms with Crippen LogP contribution in [0.3, 0.4) is 0 Å². The largest absolute Gasteiger partial charge is 0.292 e. The molecule has 20 heavy (non-hydrogen) atoms. The van der Waals surface area contributed by atoms with Crippen LogP contribution < -0.4 is 0 Å². The summed E-state index contributed by atoms with van der Waals surface area (Å²) in [5, 5.41) is 0.905. The maximum Gasteiger partial charge on any atom is 0.183 e. The average molecular weight is 316 g/mol. The number of likely N-dealkylation sites (N-methyl/N-ethyl adjacent to an activating group) is 1. The Morgan fingerprint density at radius 2 is 1.60 bits per heavy atom. The summed E-state index contributed by atoms with van der Waals surface area (Å²) in [4.78, 5) is 15.2. The van der Waals surface area contributed by atoms with Gasteiger partial charge in [0.2, 0.25) is 0 Å². The van der Waals surface area contributed by atoms with Crippen LogP contribution in [-0.4, -0.2) is 29.3 Å². The first-order valence-corrected chi connectivity index (χ1v) is 7.97. The Hall–Kier alpha value is -0.570. The van der Waals surface area contributed by atoms with E-state index < -0.39 is 5.54 Å². The molecule has 0 spiro atoms. The van der Waals surface area contributed by atoms with Crippen molar-refractivity contribution >= 4 is 29.0 Å². The molecule has 0 aliphatic heterocycles. The van der Waals surface area contributed by atoms with Crippen molar-refractivity contribution in [3.05, 3.63) is 33.8 Å². The van der Waals surface area contributed by atoms with E-state index in [1.54, 1.807) is 18.2 Å². The summed E-state index contributed by atoms with van der Waals surface area (Å²) in [6, 6.07) is 5.13. The van der Waals surface area contributed by atoms with Crippen molar-refractivity contribution in [1.82, 2.24) is 4.90 Å². The van der Waals surface area contributed by atoms with Crippen LogP contribution in [0.5, 0.6) is 0 Å². The minimum Gasteiger partial charge on any atom is -0.292 e. The molecule has 0 N–H and O–H groups in total. The van der Waals surface area contributed by atoms with Crippen molar-refractivity contribution < 1.29 is 4.79 Å². The van der Waals surface area contributed by atoms with Crippen LogP contribution in [0.4, 0.5) is 0 Å². The number of hydrogen-bond acceptors (Lipinski definition) is 2. The number of benzene rings is 1. The predicted molar refractivity (Wildman–Crippen MR) is 87.0 cm³/mol. The lowest BCUT2D eigenvalue weighted by Crippen LogP contribution is -2.53. The van der Waals surface area contributed by atoms with Gasteiger partial charge < -0.3 is 0 Å². The summed E-state index contributed by atoms with van der Waals surface area (Å²) in [6.45, 7) is 10.0. The highest BCUT2D eigenvalue weighted by molar-refractivity contribution is 6.42. The van der Waals surface area contributed by atoms with Crippen molar-refractivity contribution in [1.29, 1.82) is 0 Å². The first-order valence-electron chi connectivity index (χ1n) is 7.21. The molecule has 0 saturated heterocycles. The van der Waals surface area contributed by atoms with E-state index in [2.05, 4.69) is 32.6 Å². The Morgan fingerprint density at radius 1 is 1.05 bits per heavy atom. The second kappa shape index (κ2) is 7.44. The standard InChI is InChI=1S/C16H23Cl2NO/c1-5-16(6-2,19(7-3)8-4)15(20)12-9-10-13(17)14(18)11-12/h9-11H,5-8H2,1-4H3. The molecule has 0 fully saturated rings. The van der Waals surface area contributed by atoms with Crippen LogP contribution in [0.1, 0.15) is 50.9 Å². The zero-order valence-electron chi connectivity index (χ0n) is 12.7. The molecule has 0 aromatic heterocycles. The zero-order chi connectivity index (χ0) is 15.3. The number of ketones is 1. The van der Waals surface area contributed by atoms with Gasteiger partial charge in [-0.15, -0.1) is 0 Å². The third kappa shape index (κ3) is 3.19. The van der Waals surface area contributed by atoms with Crippen molar-refractivity contribution in [3.63, 3.8) is 0 Å². The van der Waals surface area contributed by atoms with Gasteiger partial charge >= 0.3 is 0 Å². The van der Waals surface area contributed by atoms with Gasteiger partial charge in [-0.3, -0.25) is 9.69 Å². The molecule has 4 heteroatoms. The fourth-order valence-corrected chi connectivity index (χ4v) is 3.20. The fourth-order valence-electron chi connectivity index (χ4n) is 2.90. The molecule has 0 heterocycles. The first kappa shape index (κ1) is 17.5. The minimum atomic E-state index is -0.458. The number of hydrogen-bond donors (Lipinski definition) is 0. The molecule has 1 aromatic carbocycles. The number of nitrogens with zero attached hydrogens (tertiary/aromatic N) is 1. The minimum absolute atomic E-state index is 0.129. The first-order chi connectivity index (χ1) is 9.46. The van der Waals surface area contributed by atoms with E-state index in [0.29, 0.717) is 15.6 Å². The zero-order valence-corrected chi connectivity index (χ0v) is 14.2. The molecule has 0 unspecified atom stereocenters. The predicted octanol–water partition coefficient (Wildman–Crippen LogP) is 5.08. The summed E-state index contributed by atoms with van der Waals surface area (Å²) in [6.07, 6.45) is 1.56. The molecule has 112 valence electrons. The summed E-state index contributed by atoms with van der Waals surface area (Å²) in [5.41, 5.74) is 0.177. The maximum absolute atomic E-state index is 13.0. The molecule has 0 aliphatic rings. The van der Waals surface area contributed by atoms with E-state index >= 15 is 0 Å². The van der Waals surface area contributed by atoms with Gasteiger partial charge in [-0.05, 0) is 44.1 Å². The molecule has 0 amide bonds. The quantitative estimate of drug-likeness (QED) is 0.654. The van der Waals surface area contributed by atoms with Crippen LogP contribution in [0.15, 0.2) is 18.2 Å². The van der Waals surface area contributed by atoms with E-state index in [0.717, 1.165) is 25.9 Å². The van der Waals surface area contributed by atoms with Gasteiger partial charge in [-0.2, -0.15) is 0 Å². The van der Waals surface area contributed by atoms with Crippen molar-refractivity contribution in [3.8, 4) is 0 Å². The summed E-state index contributed by atoms with van der Waals surface area (Å²) in [5.74, 6) is 0.129. The van der Waals surface area contributed by atoms with E-state index in [1.807, 2.05) is 0 Å². The number of carbonyl (C=O) groups excluding carboxylic acids is 1. The van der Waals surface area contributed by atoms with Gasteiger partial charge in [-0.25, -0.2) is 0 Å². The Balaban J connectivity index is 3.26. The average Bonchev–Trinajstić information content (AvgIpc) is 2.47. The van der Waals surface area contributed by atoms with Crippen LogP contribution >= 0.6 is 23.2 Å². The van der Waals surface area contributed by atoms with Crippen LogP contribution in [-0.2, 0) is 0 Å². The van der Waals surface area contributed by atoms with E-state index in [9.17, 15) is 4.79 Å². The van der Waals surface area contributed by atoms with Crippen LogP contribution in [0.2, 0.25) is 10.0 Å². The highest BCUT2D eigenvalue weighted by Gasteiger charge is 2.39. The lowest BCUT2D eigenvalue weighted by molar-refractivity contribution is 0.0535. The number of Topliss-reactive ketones (excluding diaryl/α,β-unsaturated/α-hetero) is 1. The normalized spacial score (nSPS) is 11.9. The number of halogens is 2. The molecular weight excluding hydrogens is 293 g/mol. The van der Waals surface area contributed by atoms with Crippen LogP contribution in [0, 0.1) is 0 Å². The van der Waals surface area contributed by atoms with E-state index in [4.69, 9.17) is 23.2 Å². The molecule has 0 saturated carbocycles. The monoisotopic (exact) mass is 315 g/mol. The highest BCUT2D eigenvalue weighted by Crippen LogP contribution is 2.31. The Bertz CT molecular complexity index is 466. The lowest BCUT2D eigenvalue weighted by atomic mass is 9.82. The second-order valence-electron chi connectivity index (χ2n) is 4.87. The number of rotatable bonds is 7. The molecule has 2 nitrogen and oxygen atoms in total. The third-order valence-electron chi connectivity index (χ3n) is 4.14. The van der Waals surface area contributed by atoms with Gasteiger partial charge in [0.15, 0.2) is 5.78 Å². The van der Waals surface area contributed by atoms with Gasteiger partial charge in [0.05, 0.1) is 15.6 Å². The smallest absolute Gasteiger partial charge is 0.183 e. The molecule has 0 bridgehead atoms. The third-order valence-corrected chi connectivity index (χ3v) is 4.88. The Labute approximate surface area is 132 Å². The number of carbonyl (C=O) groups is 1. The maximum atomic E-state index is 13.0. The topological polar surface area (TPSA) is 20.3 Å². The summed E-state index contributed by atoms with van der Waals surface area (Å²) in [7, 11) is 0. The van der Waals surface area contributed by atoms with Gasteiger partial charge in [0, 0.05) is 5.56 Å². The van der Waals surface area contributed by atoms with Crippen molar-refractivity contribution in [2.45, 2.75) is 46.1 Å². The molecule has 0 radical (unpaired) electrons. The molecular formula is C16H23Cl2NO. The Kier molecular flexibility index (Phi) is 6.50.